The number of nitrogens with zero attached hydrogens (tertiary/aromatic N) is 5. The molecule has 2 amide bonds. The third-order valence-electron chi connectivity index (χ3n) is 6.28. The van der Waals surface area contributed by atoms with E-state index in [1.54, 1.807) is 36.5 Å². The van der Waals surface area contributed by atoms with Gasteiger partial charge in [0.2, 0.25) is 5.91 Å². The number of carbonyl (C=O) groups is 2. The second-order valence-corrected chi connectivity index (χ2v) is 9.98. The molecule has 176 valence electrons. The number of nitrogens with one attached hydrogen (secondary N) is 2. The van der Waals surface area contributed by atoms with Gasteiger partial charge in [0.25, 0.3) is 5.91 Å². The number of hydrogen-bond donors (Lipinski definition) is 2. The Hall–Kier alpha value is -3.53. The van der Waals surface area contributed by atoms with Crippen LogP contribution in [0.2, 0.25) is 0 Å². The Kier molecular flexibility index (Phi) is 6.39. The number of aryl methyl sites for hydroxylation is 1. The van der Waals surface area contributed by atoms with E-state index in [9.17, 15) is 9.59 Å². The molecular weight excluding hydrogens is 450 g/mol. The van der Waals surface area contributed by atoms with Crippen LogP contribution in [0.15, 0.2) is 49.2 Å². The first-order chi connectivity index (χ1) is 16.5. The normalized spacial score (nSPS) is 15.0. The van der Waals surface area contributed by atoms with Crippen LogP contribution < -0.4 is 10.6 Å². The maximum Gasteiger partial charge on any atom is 0.262 e. The molecule has 9 nitrogen and oxygen atoms in total. The summed E-state index contributed by atoms with van der Waals surface area (Å²) < 4.78 is 3.51. The minimum absolute atomic E-state index is 0.208. The molecular formula is C24H27N7O2S. The summed E-state index contributed by atoms with van der Waals surface area (Å²) in [6, 6.07) is 5.07. The second-order valence-electron chi connectivity index (χ2n) is 8.81. The van der Waals surface area contributed by atoms with Crippen LogP contribution in [0.3, 0.4) is 0 Å². The van der Waals surface area contributed by atoms with Crippen molar-refractivity contribution in [1.29, 1.82) is 0 Å². The molecule has 1 aliphatic carbocycles. The van der Waals surface area contributed by atoms with Gasteiger partial charge in [-0.2, -0.15) is 10.2 Å². The number of aromatic nitrogens is 5. The van der Waals surface area contributed by atoms with Gasteiger partial charge < -0.3 is 10.6 Å². The summed E-state index contributed by atoms with van der Waals surface area (Å²) in [5, 5.41) is 15.4. The zero-order valence-electron chi connectivity index (χ0n) is 19.0. The third kappa shape index (κ3) is 5.01. The lowest BCUT2D eigenvalue weighted by Gasteiger charge is -2.21. The topological polar surface area (TPSA) is 107 Å². The molecule has 1 fully saturated rings. The van der Waals surface area contributed by atoms with Crippen LogP contribution in [-0.2, 0) is 18.4 Å². The Labute approximate surface area is 201 Å². The SMILES string of the molecule is Cn1cc(NC(=O)[C@H](CC2CCCC2)NC(=O)c2ccc(Cn3ncc4ccncc43)s2)cn1. The van der Waals surface area contributed by atoms with Crippen LogP contribution in [0.1, 0.15) is 46.7 Å². The monoisotopic (exact) mass is 477 g/mol. The van der Waals surface area contributed by atoms with Gasteiger partial charge >= 0.3 is 0 Å². The summed E-state index contributed by atoms with van der Waals surface area (Å²) in [5.41, 5.74) is 1.57. The maximum atomic E-state index is 13.1. The Morgan fingerprint density at radius 3 is 2.79 bits per heavy atom. The average Bonchev–Trinajstić information content (AvgIpc) is 3.63. The minimum atomic E-state index is -0.595. The summed E-state index contributed by atoms with van der Waals surface area (Å²) in [6.45, 7) is 0.556. The lowest BCUT2D eigenvalue weighted by atomic mass is 9.97. The molecule has 0 aliphatic heterocycles. The number of rotatable bonds is 8. The molecule has 0 bridgehead atoms. The molecule has 2 N–H and O–H groups in total. The summed E-state index contributed by atoms with van der Waals surface area (Å²) in [7, 11) is 1.80. The maximum absolute atomic E-state index is 13.1. The van der Waals surface area contributed by atoms with E-state index in [0.29, 0.717) is 29.4 Å². The Bertz CT molecular complexity index is 1300. The highest BCUT2D eigenvalue weighted by atomic mass is 32.1. The Balaban J connectivity index is 1.27. The molecule has 4 aromatic heterocycles. The van der Waals surface area contributed by atoms with E-state index >= 15 is 0 Å². The predicted molar refractivity (Wildman–Crippen MR) is 131 cm³/mol. The molecule has 34 heavy (non-hydrogen) atoms. The first-order valence-corrected chi connectivity index (χ1v) is 12.3. The first-order valence-electron chi connectivity index (χ1n) is 11.5. The molecule has 1 atom stereocenters. The number of hydrogen-bond acceptors (Lipinski definition) is 6. The van der Waals surface area contributed by atoms with E-state index in [0.717, 1.165) is 28.6 Å². The predicted octanol–water partition coefficient (Wildman–Crippen LogP) is 3.59. The van der Waals surface area contributed by atoms with Gasteiger partial charge in [0.15, 0.2) is 0 Å². The van der Waals surface area contributed by atoms with Gasteiger partial charge in [0.05, 0.1) is 41.2 Å². The number of pyridine rings is 1. The van der Waals surface area contributed by atoms with Crippen molar-refractivity contribution < 1.29 is 9.59 Å². The Morgan fingerprint density at radius 1 is 1.15 bits per heavy atom. The minimum Gasteiger partial charge on any atom is -0.340 e. The lowest BCUT2D eigenvalue weighted by molar-refractivity contribution is -0.118. The van der Waals surface area contributed by atoms with Crippen molar-refractivity contribution in [2.45, 2.75) is 44.7 Å². The molecule has 0 aromatic carbocycles. The van der Waals surface area contributed by atoms with Crippen molar-refractivity contribution in [2.24, 2.45) is 13.0 Å². The largest absolute Gasteiger partial charge is 0.340 e. The standard InChI is InChI=1S/C24H27N7O2S/c1-30-14-18(12-26-30)28-23(32)20(10-16-4-2-3-5-16)29-24(33)22-7-6-19(34-22)15-31-21-13-25-9-8-17(21)11-27-31/h6-9,11-14,16,20H,2-5,10,15H2,1H3,(H,28,32)(H,29,33)/t20-/m0/s1. The van der Waals surface area contributed by atoms with E-state index in [1.165, 1.54) is 24.2 Å². The molecule has 1 saturated carbocycles. The first kappa shape index (κ1) is 22.3. The van der Waals surface area contributed by atoms with E-state index in [4.69, 9.17) is 0 Å². The van der Waals surface area contributed by atoms with E-state index in [1.807, 2.05) is 29.1 Å². The zero-order valence-corrected chi connectivity index (χ0v) is 19.8. The van der Waals surface area contributed by atoms with E-state index in [-0.39, 0.29) is 11.8 Å². The van der Waals surface area contributed by atoms with E-state index < -0.39 is 6.04 Å². The van der Waals surface area contributed by atoms with Crippen LogP contribution in [0.25, 0.3) is 10.9 Å². The number of amides is 2. The van der Waals surface area contributed by atoms with Gasteiger partial charge in [-0.3, -0.25) is 23.9 Å². The van der Waals surface area contributed by atoms with Crippen molar-refractivity contribution in [3.05, 3.63) is 58.9 Å². The molecule has 0 saturated heterocycles. The third-order valence-corrected chi connectivity index (χ3v) is 7.34. The van der Waals surface area contributed by atoms with Crippen LogP contribution in [0.5, 0.6) is 0 Å². The van der Waals surface area contributed by atoms with Gasteiger partial charge in [0.1, 0.15) is 6.04 Å². The van der Waals surface area contributed by atoms with Gasteiger partial charge in [-0.25, -0.2) is 0 Å². The fraction of sp³-hybridized carbons (Fsp3) is 0.375. The fourth-order valence-corrected chi connectivity index (χ4v) is 5.42. The van der Waals surface area contributed by atoms with Crippen LogP contribution >= 0.6 is 11.3 Å². The number of fused-ring (bicyclic) bond motifs is 1. The zero-order chi connectivity index (χ0) is 23.5. The summed E-state index contributed by atoms with van der Waals surface area (Å²) >= 11 is 1.41. The van der Waals surface area contributed by atoms with Gasteiger partial charge in [0, 0.05) is 29.7 Å². The highest BCUT2D eigenvalue weighted by molar-refractivity contribution is 7.14. The van der Waals surface area contributed by atoms with Gasteiger partial charge in [-0.1, -0.05) is 25.7 Å². The van der Waals surface area contributed by atoms with Crippen LogP contribution in [0.4, 0.5) is 5.69 Å². The molecule has 10 heteroatoms. The average molecular weight is 478 g/mol. The van der Waals surface area contributed by atoms with Gasteiger partial charge in [-0.05, 0) is 30.5 Å². The van der Waals surface area contributed by atoms with E-state index in [2.05, 4.69) is 25.8 Å². The summed E-state index contributed by atoms with van der Waals surface area (Å²) in [4.78, 5) is 31.9. The molecule has 0 spiro atoms. The molecule has 5 rings (SSSR count). The molecule has 4 heterocycles. The number of carbonyl (C=O) groups excluding carboxylic acids is 2. The van der Waals surface area contributed by atoms with Crippen molar-refractivity contribution in [1.82, 2.24) is 29.9 Å². The summed E-state index contributed by atoms with van der Waals surface area (Å²) in [5.74, 6) is 0.0127. The molecule has 0 radical (unpaired) electrons. The van der Waals surface area contributed by atoms with Crippen molar-refractivity contribution in [2.75, 3.05) is 5.32 Å². The number of anilines is 1. The highest BCUT2D eigenvalue weighted by Gasteiger charge is 2.27. The molecule has 0 unspecified atom stereocenters. The number of thiophene rings is 1. The van der Waals surface area contributed by atoms with Crippen molar-refractivity contribution >= 4 is 39.7 Å². The summed E-state index contributed by atoms with van der Waals surface area (Å²) in [6.07, 6.45) is 13.9. The lowest BCUT2D eigenvalue weighted by Crippen LogP contribution is -2.44. The smallest absolute Gasteiger partial charge is 0.262 e. The van der Waals surface area contributed by atoms with Crippen LogP contribution in [-0.4, -0.2) is 42.4 Å². The second kappa shape index (κ2) is 9.76. The van der Waals surface area contributed by atoms with Crippen molar-refractivity contribution in [3.63, 3.8) is 0 Å². The quantitative estimate of drug-likeness (QED) is 0.403. The van der Waals surface area contributed by atoms with Crippen LogP contribution in [0, 0.1) is 5.92 Å². The molecule has 4 aromatic rings. The fourth-order valence-electron chi connectivity index (χ4n) is 4.53. The highest BCUT2D eigenvalue weighted by Crippen LogP contribution is 2.29. The van der Waals surface area contributed by atoms with Gasteiger partial charge in [-0.15, -0.1) is 11.3 Å². The van der Waals surface area contributed by atoms with Crippen molar-refractivity contribution in [3.8, 4) is 0 Å². The Morgan fingerprint density at radius 2 is 2.00 bits per heavy atom. The molecule has 1 aliphatic rings.